The molecule has 2 rings (SSSR count). The summed E-state index contributed by atoms with van der Waals surface area (Å²) in [7, 11) is 0. The van der Waals surface area contributed by atoms with Crippen LogP contribution in [0, 0.1) is 0 Å². The number of ether oxygens (including phenoxy) is 1. The number of carboxylic acid groups (broad SMARTS) is 1. The third-order valence-corrected chi connectivity index (χ3v) is 3.75. The summed E-state index contributed by atoms with van der Waals surface area (Å²) in [6.45, 7) is 1.47. The van der Waals surface area contributed by atoms with Crippen molar-refractivity contribution >= 4 is 29.2 Å². The van der Waals surface area contributed by atoms with Gasteiger partial charge in [0.2, 0.25) is 0 Å². The van der Waals surface area contributed by atoms with E-state index in [2.05, 4.69) is 0 Å². The Bertz CT molecular complexity index is 467. The zero-order valence-electron chi connectivity index (χ0n) is 10.3. The number of piperidine rings is 1. The smallest absolute Gasteiger partial charge is 0.317 e. The van der Waals surface area contributed by atoms with Crippen LogP contribution >= 0.6 is 23.2 Å². The fourth-order valence-corrected chi connectivity index (χ4v) is 2.47. The van der Waals surface area contributed by atoms with E-state index in [1.165, 1.54) is 0 Å². The Balaban J connectivity index is 1.94. The van der Waals surface area contributed by atoms with Crippen LogP contribution in [0.2, 0.25) is 10.0 Å². The van der Waals surface area contributed by atoms with Crippen molar-refractivity contribution in [2.24, 2.45) is 0 Å². The number of carboxylic acids is 1. The van der Waals surface area contributed by atoms with Gasteiger partial charge in [-0.1, -0.05) is 23.2 Å². The van der Waals surface area contributed by atoms with Crippen LogP contribution in [-0.2, 0) is 4.79 Å². The van der Waals surface area contributed by atoms with E-state index in [4.69, 9.17) is 33.0 Å². The summed E-state index contributed by atoms with van der Waals surface area (Å²) in [6, 6.07) is 5.14. The molecule has 1 aliphatic rings. The van der Waals surface area contributed by atoms with Gasteiger partial charge in [-0.3, -0.25) is 9.69 Å². The SMILES string of the molecule is O=C(O)CN1CCCC(Oc2ccc(Cl)c(Cl)c2)C1. The van der Waals surface area contributed by atoms with Gasteiger partial charge in [0, 0.05) is 12.6 Å². The molecule has 1 aromatic carbocycles. The molecular formula is C13H15Cl2NO3. The third kappa shape index (κ3) is 4.27. The Labute approximate surface area is 121 Å². The summed E-state index contributed by atoms with van der Waals surface area (Å²) in [4.78, 5) is 12.6. The van der Waals surface area contributed by atoms with Gasteiger partial charge in [-0.05, 0) is 31.5 Å². The second-order valence-corrected chi connectivity index (χ2v) is 5.40. The molecule has 1 unspecified atom stereocenters. The molecule has 1 aromatic rings. The first-order chi connectivity index (χ1) is 9.04. The molecule has 0 radical (unpaired) electrons. The molecule has 1 saturated heterocycles. The Hall–Kier alpha value is -0.970. The van der Waals surface area contributed by atoms with Crippen LogP contribution in [-0.4, -0.2) is 41.7 Å². The molecule has 1 atom stereocenters. The number of rotatable bonds is 4. The summed E-state index contributed by atoms with van der Waals surface area (Å²) >= 11 is 11.8. The van der Waals surface area contributed by atoms with E-state index >= 15 is 0 Å². The fraction of sp³-hybridized carbons (Fsp3) is 0.462. The highest BCUT2D eigenvalue weighted by molar-refractivity contribution is 6.42. The molecule has 104 valence electrons. The third-order valence-electron chi connectivity index (χ3n) is 3.01. The topological polar surface area (TPSA) is 49.8 Å². The van der Waals surface area contributed by atoms with Crippen LogP contribution in [0.3, 0.4) is 0 Å². The first-order valence-corrected chi connectivity index (χ1v) is 6.86. The van der Waals surface area contributed by atoms with Crippen LogP contribution in [0.5, 0.6) is 5.75 Å². The summed E-state index contributed by atoms with van der Waals surface area (Å²) in [5, 5.41) is 9.74. The van der Waals surface area contributed by atoms with Gasteiger partial charge in [0.15, 0.2) is 0 Å². The van der Waals surface area contributed by atoms with Crippen molar-refractivity contribution in [1.29, 1.82) is 0 Å². The van der Waals surface area contributed by atoms with Crippen molar-refractivity contribution < 1.29 is 14.6 Å². The predicted octanol–water partition coefficient (Wildman–Crippen LogP) is 2.92. The minimum atomic E-state index is -0.810. The molecule has 0 aromatic heterocycles. The monoisotopic (exact) mass is 303 g/mol. The first-order valence-electron chi connectivity index (χ1n) is 6.10. The average molecular weight is 304 g/mol. The molecule has 6 heteroatoms. The van der Waals surface area contributed by atoms with E-state index in [1.54, 1.807) is 18.2 Å². The summed E-state index contributed by atoms with van der Waals surface area (Å²) in [6.07, 6.45) is 1.83. The molecule has 1 aliphatic heterocycles. The molecule has 1 heterocycles. The van der Waals surface area contributed by atoms with E-state index in [1.807, 2.05) is 4.90 Å². The number of hydrogen-bond acceptors (Lipinski definition) is 3. The van der Waals surface area contributed by atoms with E-state index in [0.717, 1.165) is 19.4 Å². The number of hydrogen-bond donors (Lipinski definition) is 1. The molecule has 0 spiro atoms. The van der Waals surface area contributed by atoms with Crippen molar-refractivity contribution in [2.45, 2.75) is 18.9 Å². The van der Waals surface area contributed by atoms with Crippen LogP contribution < -0.4 is 4.74 Å². The van der Waals surface area contributed by atoms with Crippen LogP contribution in [0.25, 0.3) is 0 Å². The lowest BCUT2D eigenvalue weighted by Gasteiger charge is -2.31. The average Bonchev–Trinajstić information content (AvgIpc) is 2.33. The lowest BCUT2D eigenvalue weighted by Crippen LogP contribution is -2.43. The number of likely N-dealkylation sites (tertiary alicyclic amines) is 1. The second kappa shape index (κ2) is 6.46. The van der Waals surface area contributed by atoms with Gasteiger partial charge in [0.05, 0.1) is 16.6 Å². The van der Waals surface area contributed by atoms with Crippen molar-refractivity contribution in [3.05, 3.63) is 28.2 Å². The second-order valence-electron chi connectivity index (χ2n) is 4.59. The lowest BCUT2D eigenvalue weighted by molar-refractivity contribution is -0.138. The Morgan fingerprint density at radius 3 is 2.89 bits per heavy atom. The highest BCUT2D eigenvalue weighted by atomic mass is 35.5. The van der Waals surface area contributed by atoms with E-state index in [0.29, 0.717) is 22.3 Å². The number of benzene rings is 1. The van der Waals surface area contributed by atoms with Crippen LogP contribution in [0.4, 0.5) is 0 Å². The quantitative estimate of drug-likeness (QED) is 0.929. The minimum Gasteiger partial charge on any atom is -0.489 e. The molecule has 4 nitrogen and oxygen atoms in total. The Morgan fingerprint density at radius 2 is 2.21 bits per heavy atom. The molecule has 1 N–H and O–H groups in total. The Kier molecular flexibility index (Phi) is 4.91. The predicted molar refractivity (Wildman–Crippen MR) is 74.2 cm³/mol. The molecule has 0 bridgehead atoms. The van der Waals surface area contributed by atoms with Crippen molar-refractivity contribution in [3.8, 4) is 5.75 Å². The van der Waals surface area contributed by atoms with Gasteiger partial charge in [0.1, 0.15) is 11.9 Å². The molecular weight excluding hydrogens is 289 g/mol. The fourth-order valence-electron chi connectivity index (χ4n) is 2.19. The van der Waals surface area contributed by atoms with Gasteiger partial charge in [-0.15, -0.1) is 0 Å². The highest BCUT2D eigenvalue weighted by Gasteiger charge is 2.22. The largest absolute Gasteiger partial charge is 0.489 e. The molecule has 1 fully saturated rings. The van der Waals surface area contributed by atoms with Crippen molar-refractivity contribution in [2.75, 3.05) is 19.6 Å². The molecule has 0 saturated carbocycles. The minimum absolute atomic E-state index is 0.00894. The lowest BCUT2D eigenvalue weighted by atomic mass is 10.1. The normalized spacial score (nSPS) is 20.2. The maximum Gasteiger partial charge on any atom is 0.317 e. The Morgan fingerprint density at radius 1 is 1.42 bits per heavy atom. The van der Waals surface area contributed by atoms with Gasteiger partial charge >= 0.3 is 5.97 Å². The van der Waals surface area contributed by atoms with E-state index < -0.39 is 5.97 Å². The van der Waals surface area contributed by atoms with Gasteiger partial charge in [-0.2, -0.15) is 0 Å². The van der Waals surface area contributed by atoms with Crippen molar-refractivity contribution in [3.63, 3.8) is 0 Å². The number of carbonyl (C=O) groups is 1. The number of halogens is 2. The maximum atomic E-state index is 10.7. The zero-order valence-corrected chi connectivity index (χ0v) is 11.8. The van der Waals surface area contributed by atoms with E-state index in [9.17, 15) is 4.79 Å². The standard InChI is InChI=1S/C13H15Cl2NO3/c14-11-4-3-9(6-12(11)15)19-10-2-1-5-16(7-10)8-13(17)18/h3-4,6,10H,1-2,5,7-8H2,(H,17,18). The first kappa shape index (κ1) is 14.4. The molecule has 19 heavy (non-hydrogen) atoms. The zero-order chi connectivity index (χ0) is 13.8. The van der Waals surface area contributed by atoms with Gasteiger partial charge in [-0.25, -0.2) is 0 Å². The summed E-state index contributed by atoms with van der Waals surface area (Å²) < 4.78 is 5.83. The summed E-state index contributed by atoms with van der Waals surface area (Å²) in [5.74, 6) is -0.147. The number of aliphatic carboxylic acids is 1. The summed E-state index contributed by atoms with van der Waals surface area (Å²) in [5.41, 5.74) is 0. The van der Waals surface area contributed by atoms with E-state index in [-0.39, 0.29) is 12.6 Å². The van der Waals surface area contributed by atoms with Crippen LogP contribution in [0.1, 0.15) is 12.8 Å². The van der Waals surface area contributed by atoms with Crippen LogP contribution in [0.15, 0.2) is 18.2 Å². The van der Waals surface area contributed by atoms with Gasteiger partial charge < -0.3 is 9.84 Å². The number of nitrogens with zero attached hydrogens (tertiary/aromatic N) is 1. The maximum absolute atomic E-state index is 10.7. The van der Waals surface area contributed by atoms with Crippen molar-refractivity contribution in [1.82, 2.24) is 4.90 Å². The highest BCUT2D eigenvalue weighted by Crippen LogP contribution is 2.27. The molecule has 0 aliphatic carbocycles. The van der Waals surface area contributed by atoms with Gasteiger partial charge in [0.25, 0.3) is 0 Å². The molecule has 0 amide bonds.